The van der Waals surface area contributed by atoms with Crippen molar-refractivity contribution in [1.29, 1.82) is 0 Å². The molecule has 0 unspecified atom stereocenters. The van der Waals surface area contributed by atoms with E-state index in [0.29, 0.717) is 12.8 Å². The molecule has 5 heteroatoms. The minimum atomic E-state index is -3.55. The van der Waals surface area contributed by atoms with Crippen LogP contribution in [-0.4, -0.2) is 25.7 Å². The van der Waals surface area contributed by atoms with E-state index in [1.165, 1.54) is 0 Å². The summed E-state index contributed by atoms with van der Waals surface area (Å²) in [6.45, 7) is 3.75. The van der Waals surface area contributed by atoms with Crippen molar-refractivity contribution >= 4 is 10.0 Å². The van der Waals surface area contributed by atoms with Crippen LogP contribution in [0.15, 0.2) is 23.1 Å². The lowest BCUT2D eigenvalue weighted by Gasteiger charge is -2.28. The first-order valence-corrected chi connectivity index (χ1v) is 8.15. The van der Waals surface area contributed by atoms with Crippen molar-refractivity contribution in [2.45, 2.75) is 56.6 Å². The van der Waals surface area contributed by atoms with Crippen molar-refractivity contribution in [3.05, 3.63) is 29.3 Å². The zero-order chi connectivity index (χ0) is 14.0. The van der Waals surface area contributed by atoms with Gasteiger partial charge in [0, 0.05) is 6.04 Å². The van der Waals surface area contributed by atoms with E-state index in [-0.39, 0.29) is 10.9 Å². The average molecular weight is 283 g/mol. The second-order valence-corrected chi connectivity index (χ2v) is 7.12. The van der Waals surface area contributed by atoms with Crippen LogP contribution in [0.1, 0.15) is 36.8 Å². The molecule has 0 aromatic heterocycles. The topological polar surface area (TPSA) is 66.4 Å². The average Bonchev–Trinajstić information content (AvgIpc) is 2.31. The third-order valence-corrected chi connectivity index (χ3v) is 5.01. The maximum Gasteiger partial charge on any atom is 0.240 e. The largest absolute Gasteiger partial charge is 0.391 e. The second kappa shape index (κ2) is 5.61. The summed E-state index contributed by atoms with van der Waals surface area (Å²) in [5, 5.41) is 9.86. The van der Waals surface area contributed by atoms with Gasteiger partial charge in [-0.3, -0.25) is 0 Å². The number of aryl methyl sites for hydroxylation is 2. The first-order valence-electron chi connectivity index (χ1n) is 6.67. The molecule has 2 atom stereocenters. The van der Waals surface area contributed by atoms with Gasteiger partial charge >= 0.3 is 0 Å². The van der Waals surface area contributed by atoms with Crippen molar-refractivity contribution in [3.63, 3.8) is 0 Å². The Balaban J connectivity index is 2.22. The molecule has 0 heterocycles. The summed E-state index contributed by atoms with van der Waals surface area (Å²) < 4.78 is 27.3. The van der Waals surface area contributed by atoms with E-state index in [9.17, 15) is 13.5 Å². The molecule has 0 radical (unpaired) electrons. The molecule has 0 spiro atoms. The van der Waals surface area contributed by atoms with Gasteiger partial charge in [0.05, 0.1) is 11.0 Å². The summed E-state index contributed by atoms with van der Waals surface area (Å²) in [5.41, 5.74) is 1.84. The normalized spacial score (nSPS) is 24.4. The highest BCUT2D eigenvalue weighted by atomic mass is 32.2. The predicted molar refractivity (Wildman–Crippen MR) is 74.5 cm³/mol. The van der Waals surface area contributed by atoms with E-state index in [1.54, 1.807) is 12.1 Å². The van der Waals surface area contributed by atoms with Crippen LogP contribution in [0, 0.1) is 13.8 Å². The van der Waals surface area contributed by atoms with E-state index in [2.05, 4.69) is 4.72 Å². The van der Waals surface area contributed by atoms with Crippen LogP contribution in [0.4, 0.5) is 0 Å². The highest BCUT2D eigenvalue weighted by molar-refractivity contribution is 7.89. The van der Waals surface area contributed by atoms with Crippen molar-refractivity contribution in [2.24, 2.45) is 0 Å². The summed E-state index contributed by atoms with van der Waals surface area (Å²) in [6, 6.07) is 4.89. The van der Waals surface area contributed by atoms with E-state index >= 15 is 0 Å². The van der Waals surface area contributed by atoms with Gasteiger partial charge in [0.1, 0.15) is 0 Å². The molecule has 106 valence electrons. The molecule has 4 nitrogen and oxygen atoms in total. The molecule has 1 fully saturated rings. The van der Waals surface area contributed by atoms with Gasteiger partial charge in [-0.05, 0) is 49.9 Å². The molecular weight excluding hydrogens is 262 g/mol. The van der Waals surface area contributed by atoms with Gasteiger partial charge in [-0.1, -0.05) is 18.9 Å². The summed E-state index contributed by atoms with van der Waals surface area (Å²) >= 11 is 0. The molecule has 1 aliphatic carbocycles. The van der Waals surface area contributed by atoms with E-state index in [4.69, 9.17) is 0 Å². The first kappa shape index (κ1) is 14.5. The summed E-state index contributed by atoms with van der Waals surface area (Å²) in [6.07, 6.45) is 2.71. The van der Waals surface area contributed by atoms with Gasteiger partial charge in [-0.2, -0.15) is 0 Å². The number of nitrogens with one attached hydrogen (secondary N) is 1. The lowest BCUT2D eigenvalue weighted by Crippen LogP contribution is -2.44. The number of hydrogen-bond donors (Lipinski definition) is 2. The molecule has 19 heavy (non-hydrogen) atoms. The number of sulfonamides is 1. The third-order valence-electron chi connectivity index (χ3n) is 3.54. The first-order chi connectivity index (χ1) is 8.88. The van der Waals surface area contributed by atoms with Crippen LogP contribution < -0.4 is 4.72 Å². The third kappa shape index (κ3) is 3.55. The summed E-state index contributed by atoms with van der Waals surface area (Å²) in [5.74, 6) is 0. The predicted octanol–water partition coefficient (Wildman–Crippen LogP) is 1.89. The Morgan fingerprint density at radius 3 is 2.26 bits per heavy atom. The molecule has 0 aliphatic heterocycles. The highest BCUT2D eigenvalue weighted by Gasteiger charge is 2.28. The van der Waals surface area contributed by atoms with Crippen LogP contribution >= 0.6 is 0 Å². The van der Waals surface area contributed by atoms with Crippen LogP contribution in [0.2, 0.25) is 0 Å². The zero-order valence-corrected chi connectivity index (χ0v) is 12.2. The Bertz CT molecular complexity index is 534. The van der Waals surface area contributed by atoms with Crippen molar-refractivity contribution in [3.8, 4) is 0 Å². The molecule has 0 amide bonds. The minimum absolute atomic E-state index is 0.280. The van der Waals surface area contributed by atoms with Gasteiger partial charge in [-0.25, -0.2) is 13.1 Å². The number of rotatable bonds is 3. The molecule has 0 bridgehead atoms. The fourth-order valence-electron chi connectivity index (χ4n) is 2.60. The summed E-state index contributed by atoms with van der Waals surface area (Å²) in [4.78, 5) is 0.280. The molecule has 0 saturated heterocycles. The monoisotopic (exact) mass is 283 g/mol. The van der Waals surface area contributed by atoms with Crippen molar-refractivity contribution in [2.75, 3.05) is 0 Å². The number of benzene rings is 1. The maximum absolute atomic E-state index is 12.3. The van der Waals surface area contributed by atoms with Crippen LogP contribution in [-0.2, 0) is 10.0 Å². The number of aliphatic hydroxyl groups excluding tert-OH is 1. The van der Waals surface area contributed by atoms with Gasteiger partial charge in [-0.15, -0.1) is 0 Å². The fourth-order valence-corrected chi connectivity index (χ4v) is 4.10. The molecule has 1 saturated carbocycles. The summed E-state index contributed by atoms with van der Waals surface area (Å²) in [7, 11) is -3.55. The quantitative estimate of drug-likeness (QED) is 0.890. The Morgan fingerprint density at radius 1 is 1.11 bits per heavy atom. The molecule has 1 aromatic carbocycles. The molecule has 1 aromatic rings. The van der Waals surface area contributed by atoms with Crippen LogP contribution in [0.25, 0.3) is 0 Å². The van der Waals surface area contributed by atoms with Gasteiger partial charge in [0.25, 0.3) is 0 Å². The van der Waals surface area contributed by atoms with Gasteiger partial charge < -0.3 is 5.11 Å². The number of hydrogen-bond acceptors (Lipinski definition) is 3. The fraction of sp³-hybridized carbons (Fsp3) is 0.571. The van der Waals surface area contributed by atoms with E-state index < -0.39 is 16.1 Å². The Hall–Kier alpha value is -0.910. The SMILES string of the molecule is Cc1cc(C)cc(S(=O)(=O)N[C@@H]2CCCC[C@H]2O)c1. The lowest BCUT2D eigenvalue weighted by molar-refractivity contribution is 0.101. The standard InChI is InChI=1S/C14H21NO3S/c1-10-7-11(2)9-12(8-10)19(17,18)15-13-5-3-4-6-14(13)16/h7-9,13-16H,3-6H2,1-2H3/t13-,14-/m1/s1. The Morgan fingerprint density at radius 2 is 1.68 bits per heavy atom. The van der Waals surface area contributed by atoms with Crippen molar-refractivity contribution < 1.29 is 13.5 Å². The van der Waals surface area contributed by atoms with E-state index in [1.807, 2.05) is 19.9 Å². The molecule has 1 aliphatic rings. The smallest absolute Gasteiger partial charge is 0.240 e. The Labute approximate surface area is 114 Å². The molecule has 2 rings (SSSR count). The lowest BCUT2D eigenvalue weighted by atomic mass is 9.93. The minimum Gasteiger partial charge on any atom is -0.391 e. The maximum atomic E-state index is 12.3. The van der Waals surface area contributed by atoms with E-state index in [0.717, 1.165) is 24.0 Å². The number of aliphatic hydroxyl groups is 1. The van der Waals surface area contributed by atoms with Gasteiger partial charge in [0.15, 0.2) is 0 Å². The molecular formula is C14H21NO3S. The highest BCUT2D eigenvalue weighted by Crippen LogP contribution is 2.21. The van der Waals surface area contributed by atoms with Gasteiger partial charge in [0.2, 0.25) is 10.0 Å². The van der Waals surface area contributed by atoms with Crippen LogP contribution in [0.5, 0.6) is 0 Å². The van der Waals surface area contributed by atoms with Crippen molar-refractivity contribution in [1.82, 2.24) is 4.72 Å². The zero-order valence-electron chi connectivity index (χ0n) is 11.4. The Kier molecular flexibility index (Phi) is 4.28. The molecule has 2 N–H and O–H groups in total. The second-order valence-electron chi connectivity index (χ2n) is 5.40. The van der Waals surface area contributed by atoms with Crippen LogP contribution in [0.3, 0.4) is 0 Å².